The summed E-state index contributed by atoms with van der Waals surface area (Å²) in [6.45, 7) is 0.810. The molecular formula is C19H20N2O4. The molecule has 6 heteroatoms. The van der Waals surface area contributed by atoms with Crippen molar-refractivity contribution in [1.29, 1.82) is 0 Å². The van der Waals surface area contributed by atoms with E-state index in [1.807, 2.05) is 30.3 Å². The third-order valence-electron chi connectivity index (χ3n) is 3.95. The number of aliphatic hydroxyl groups excluding tert-OH is 1. The quantitative estimate of drug-likeness (QED) is 0.516. The van der Waals surface area contributed by atoms with Crippen molar-refractivity contribution in [3.63, 3.8) is 0 Å². The van der Waals surface area contributed by atoms with Gasteiger partial charge in [-0.3, -0.25) is 4.79 Å². The van der Waals surface area contributed by atoms with Gasteiger partial charge in [0.25, 0.3) is 5.91 Å². The van der Waals surface area contributed by atoms with E-state index in [4.69, 9.17) is 9.52 Å². The van der Waals surface area contributed by atoms with Crippen molar-refractivity contribution in [2.24, 2.45) is 0 Å². The number of aromatic hydroxyl groups is 1. The second-order valence-corrected chi connectivity index (χ2v) is 5.63. The molecule has 0 aliphatic rings. The third kappa shape index (κ3) is 3.35. The average Bonchev–Trinajstić information content (AvgIpc) is 3.01. The van der Waals surface area contributed by atoms with Crippen LogP contribution in [0.15, 0.2) is 46.9 Å². The van der Waals surface area contributed by atoms with Crippen LogP contribution in [-0.4, -0.2) is 36.3 Å². The molecule has 0 radical (unpaired) electrons. The molecular weight excluding hydrogens is 320 g/mol. The van der Waals surface area contributed by atoms with Crippen LogP contribution in [0.25, 0.3) is 22.3 Å². The normalized spacial score (nSPS) is 11.0. The van der Waals surface area contributed by atoms with E-state index >= 15 is 0 Å². The van der Waals surface area contributed by atoms with Crippen LogP contribution in [0.5, 0.6) is 5.75 Å². The summed E-state index contributed by atoms with van der Waals surface area (Å²) in [5, 5.41) is 25.3. The first kappa shape index (κ1) is 17.0. The molecule has 0 aliphatic heterocycles. The van der Waals surface area contributed by atoms with Gasteiger partial charge in [0, 0.05) is 37.2 Å². The molecule has 6 nitrogen and oxygen atoms in total. The van der Waals surface area contributed by atoms with Gasteiger partial charge in [0.15, 0.2) is 0 Å². The second kappa shape index (κ2) is 7.38. The number of furan rings is 1. The summed E-state index contributed by atoms with van der Waals surface area (Å²) in [4.78, 5) is 12.6. The first-order chi connectivity index (χ1) is 12.2. The van der Waals surface area contributed by atoms with Crippen LogP contribution >= 0.6 is 0 Å². The summed E-state index contributed by atoms with van der Waals surface area (Å²) in [6, 6.07) is 12.5. The first-order valence-corrected chi connectivity index (χ1v) is 8.03. The summed E-state index contributed by atoms with van der Waals surface area (Å²) >= 11 is 0. The van der Waals surface area contributed by atoms with Crippen molar-refractivity contribution in [3.8, 4) is 17.1 Å². The number of hydrogen-bond acceptors (Lipinski definition) is 5. The van der Waals surface area contributed by atoms with Crippen LogP contribution in [-0.2, 0) is 6.54 Å². The van der Waals surface area contributed by atoms with Gasteiger partial charge in [0.1, 0.15) is 17.1 Å². The number of carbonyl (C=O) groups excluding carboxylic acids is 1. The van der Waals surface area contributed by atoms with Crippen molar-refractivity contribution < 1.29 is 19.4 Å². The Morgan fingerprint density at radius 2 is 1.96 bits per heavy atom. The smallest absolute Gasteiger partial charge is 0.255 e. The topological polar surface area (TPSA) is 94.7 Å². The highest BCUT2D eigenvalue weighted by Gasteiger charge is 2.24. The summed E-state index contributed by atoms with van der Waals surface area (Å²) in [6.07, 6.45) is 0. The van der Waals surface area contributed by atoms with Gasteiger partial charge in [-0.05, 0) is 11.6 Å². The molecule has 3 rings (SSSR count). The van der Waals surface area contributed by atoms with Gasteiger partial charge < -0.3 is 25.3 Å². The van der Waals surface area contributed by atoms with E-state index in [0.29, 0.717) is 35.4 Å². The predicted molar refractivity (Wildman–Crippen MR) is 95.5 cm³/mol. The van der Waals surface area contributed by atoms with Crippen LogP contribution in [0, 0.1) is 0 Å². The summed E-state index contributed by atoms with van der Waals surface area (Å²) in [5.74, 6) is 0.265. The van der Waals surface area contributed by atoms with Crippen molar-refractivity contribution >= 4 is 16.9 Å². The van der Waals surface area contributed by atoms with E-state index < -0.39 is 0 Å². The van der Waals surface area contributed by atoms with Crippen LogP contribution in [0.1, 0.15) is 15.9 Å². The molecule has 4 N–H and O–H groups in total. The SMILES string of the molecule is CNC(=O)c1c(-c2ccccc2)oc2cc(O)cc(CNCCO)c12. The third-order valence-corrected chi connectivity index (χ3v) is 3.95. The number of nitrogens with one attached hydrogen (secondary N) is 2. The van der Waals surface area contributed by atoms with Crippen LogP contribution < -0.4 is 10.6 Å². The van der Waals surface area contributed by atoms with Gasteiger partial charge in [-0.2, -0.15) is 0 Å². The zero-order valence-corrected chi connectivity index (χ0v) is 13.9. The minimum atomic E-state index is -0.258. The molecule has 0 spiro atoms. The van der Waals surface area contributed by atoms with Crippen LogP contribution in [0.4, 0.5) is 0 Å². The summed E-state index contributed by atoms with van der Waals surface area (Å²) < 4.78 is 5.94. The fraction of sp³-hybridized carbons (Fsp3) is 0.211. The number of rotatable bonds is 6. The second-order valence-electron chi connectivity index (χ2n) is 5.63. The van der Waals surface area contributed by atoms with Crippen molar-refractivity contribution in [1.82, 2.24) is 10.6 Å². The fourth-order valence-corrected chi connectivity index (χ4v) is 2.87. The van der Waals surface area contributed by atoms with Crippen molar-refractivity contribution in [2.75, 3.05) is 20.2 Å². The molecule has 1 amide bonds. The van der Waals surface area contributed by atoms with E-state index in [9.17, 15) is 9.90 Å². The maximum atomic E-state index is 12.6. The molecule has 1 aromatic heterocycles. The number of carbonyl (C=O) groups is 1. The van der Waals surface area contributed by atoms with Gasteiger partial charge in [0.2, 0.25) is 0 Å². The van der Waals surface area contributed by atoms with Crippen molar-refractivity contribution in [2.45, 2.75) is 6.54 Å². The number of aliphatic hydroxyl groups is 1. The Morgan fingerprint density at radius 1 is 1.20 bits per heavy atom. The molecule has 0 fully saturated rings. The number of amides is 1. The lowest BCUT2D eigenvalue weighted by Gasteiger charge is -2.07. The van der Waals surface area contributed by atoms with Gasteiger partial charge >= 0.3 is 0 Å². The Kier molecular flexibility index (Phi) is 5.02. The Hall–Kier alpha value is -2.83. The van der Waals surface area contributed by atoms with Crippen molar-refractivity contribution in [3.05, 3.63) is 53.6 Å². The number of benzene rings is 2. The highest BCUT2D eigenvalue weighted by Crippen LogP contribution is 2.37. The standard InChI is InChI=1S/C19H20N2O4/c1-20-19(24)17-16-13(11-21-7-8-22)9-14(23)10-15(16)25-18(17)12-5-3-2-4-6-12/h2-6,9-10,21-23H,7-8,11H2,1H3,(H,20,24). The molecule has 1 heterocycles. The van der Waals surface area contributed by atoms with Gasteiger partial charge in [-0.25, -0.2) is 0 Å². The van der Waals surface area contributed by atoms with E-state index in [0.717, 1.165) is 11.1 Å². The molecule has 25 heavy (non-hydrogen) atoms. The predicted octanol–water partition coefficient (Wildman–Crippen LogP) is 2.25. The molecule has 0 atom stereocenters. The number of phenols is 1. The van der Waals surface area contributed by atoms with E-state index in [2.05, 4.69) is 10.6 Å². The van der Waals surface area contributed by atoms with Gasteiger partial charge in [-0.1, -0.05) is 30.3 Å². The fourth-order valence-electron chi connectivity index (χ4n) is 2.87. The lowest BCUT2D eigenvalue weighted by atomic mass is 10.0. The molecule has 0 aliphatic carbocycles. The maximum Gasteiger partial charge on any atom is 0.255 e. The number of phenolic OH excluding ortho intramolecular Hbond substituents is 1. The monoisotopic (exact) mass is 340 g/mol. The number of hydrogen-bond donors (Lipinski definition) is 4. The molecule has 3 aromatic rings. The Bertz CT molecular complexity index is 887. The largest absolute Gasteiger partial charge is 0.508 e. The minimum absolute atomic E-state index is 0.00488. The molecule has 130 valence electrons. The molecule has 0 saturated heterocycles. The van der Waals surface area contributed by atoms with E-state index in [1.54, 1.807) is 13.1 Å². The zero-order valence-electron chi connectivity index (χ0n) is 13.9. The highest BCUT2D eigenvalue weighted by atomic mass is 16.3. The highest BCUT2D eigenvalue weighted by molar-refractivity contribution is 6.12. The molecule has 0 bridgehead atoms. The van der Waals surface area contributed by atoms with E-state index in [1.165, 1.54) is 6.07 Å². The van der Waals surface area contributed by atoms with Gasteiger partial charge in [-0.15, -0.1) is 0 Å². The maximum absolute atomic E-state index is 12.6. The summed E-state index contributed by atoms with van der Waals surface area (Å²) in [7, 11) is 1.57. The minimum Gasteiger partial charge on any atom is -0.508 e. The molecule has 0 saturated carbocycles. The Labute approximate surface area is 145 Å². The molecule has 2 aromatic carbocycles. The summed E-state index contributed by atoms with van der Waals surface area (Å²) in [5.41, 5.74) is 2.39. The van der Waals surface area contributed by atoms with Crippen LogP contribution in [0.3, 0.4) is 0 Å². The Balaban J connectivity index is 2.24. The Morgan fingerprint density at radius 3 is 2.64 bits per heavy atom. The number of fused-ring (bicyclic) bond motifs is 1. The molecule has 0 unspecified atom stereocenters. The first-order valence-electron chi connectivity index (χ1n) is 8.03. The average molecular weight is 340 g/mol. The zero-order chi connectivity index (χ0) is 17.8. The van der Waals surface area contributed by atoms with E-state index in [-0.39, 0.29) is 18.3 Å². The van der Waals surface area contributed by atoms with Crippen LogP contribution in [0.2, 0.25) is 0 Å². The van der Waals surface area contributed by atoms with Gasteiger partial charge in [0.05, 0.1) is 12.2 Å². The lowest BCUT2D eigenvalue weighted by Crippen LogP contribution is -2.20. The lowest BCUT2D eigenvalue weighted by molar-refractivity contribution is 0.0964.